The molecule has 0 bridgehead atoms. The standard InChI is InChI=1S/C2H3F2O2S.CF3O2S.Zn/c1-2(3,4)7(5)6;2-1(3,4)7(5)6;/h1H3;;/q2*-1;+2. The molecule has 0 heterocycles. The van der Waals surface area contributed by atoms with E-state index in [0.717, 1.165) is 0 Å². The topological polar surface area (TPSA) is 68.3 Å². The largest absolute Gasteiger partial charge is 2.00 e. The minimum atomic E-state index is -5.08. The van der Waals surface area contributed by atoms with Gasteiger partial charge in [0, 0.05) is 10.7 Å². The van der Waals surface area contributed by atoms with Gasteiger partial charge < -0.3 is 16.8 Å². The molecule has 0 amide bonds. The Kier molecular flexibility index (Phi) is 10.2. The van der Waals surface area contributed by atoms with Crippen LogP contribution in [0.4, 0.5) is 22.0 Å². The van der Waals surface area contributed by atoms with Crippen molar-refractivity contribution in [2.45, 2.75) is 17.7 Å². The average molecular weight is 328 g/mol. The summed E-state index contributed by atoms with van der Waals surface area (Å²) in [6.07, 6.45) is 0. The Morgan fingerprint density at radius 2 is 0.933 bits per heavy atom. The first-order chi connectivity index (χ1) is 5.89. The van der Waals surface area contributed by atoms with Crippen molar-refractivity contribution >= 4 is 21.4 Å². The van der Waals surface area contributed by atoms with Gasteiger partial charge in [-0.1, -0.05) is 0 Å². The maximum absolute atomic E-state index is 11.2. The first-order valence-electron chi connectivity index (χ1n) is 2.52. The van der Waals surface area contributed by atoms with E-state index in [9.17, 15) is 30.4 Å². The van der Waals surface area contributed by atoms with Crippen molar-refractivity contribution in [3.8, 4) is 0 Å². The van der Waals surface area contributed by atoms with Gasteiger partial charge in [-0.2, -0.15) is 13.2 Å². The molecule has 0 atom stereocenters. The third-order valence-electron chi connectivity index (χ3n) is 0.482. The predicted molar refractivity (Wildman–Crippen MR) is 34.2 cm³/mol. The molecule has 0 fully saturated rings. The summed E-state index contributed by atoms with van der Waals surface area (Å²) in [5.41, 5.74) is -5.08. The summed E-state index contributed by atoms with van der Waals surface area (Å²) in [5.74, 6) is 0. The molecule has 15 heavy (non-hydrogen) atoms. The van der Waals surface area contributed by atoms with Gasteiger partial charge in [0.25, 0.3) is 0 Å². The molecule has 0 unspecified atom stereocenters. The summed E-state index contributed by atoms with van der Waals surface area (Å²) in [5, 5.41) is -3.58. The van der Waals surface area contributed by atoms with Crippen LogP contribution >= 0.6 is 0 Å². The zero-order chi connectivity index (χ0) is 12.2. The molecule has 0 spiro atoms. The van der Waals surface area contributed by atoms with Crippen LogP contribution in [0.2, 0.25) is 0 Å². The molecule has 0 aliphatic carbocycles. The first kappa shape index (κ1) is 20.6. The molecule has 0 saturated heterocycles. The number of rotatable bonds is 1. The third-order valence-corrected chi connectivity index (χ3v) is 1.44. The van der Waals surface area contributed by atoms with Gasteiger partial charge in [0.15, 0.2) is 0 Å². The van der Waals surface area contributed by atoms with Crippen LogP contribution in [0.15, 0.2) is 0 Å². The molecule has 0 aromatic heterocycles. The molecule has 12 heteroatoms. The van der Waals surface area contributed by atoms with Gasteiger partial charge in [0.1, 0.15) is 0 Å². The van der Waals surface area contributed by atoms with Gasteiger partial charge in [0.05, 0.1) is 0 Å². The van der Waals surface area contributed by atoms with Crippen molar-refractivity contribution < 1.29 is 58.3 Å². The van der Waals surface area contributed by atoms with E-state index in [0.29, 0.717) is 6.92 Å². The van der Waals surface area contributed by atoms with Crippen LogP contribution in [0.25, 0.3) is 0 Å². The SMILES string of the molecule is CC(F)(F)[S-](=O)=O.O=[S-](=O)C(F)(F)F.[Zn+2]. The monoisotopic (exact) mass is 326 g/mol. The van der Waals surface area contributed by atoms with Crippen molar-refractivity contribution in [2.75, 3.05) is 0 Å². The minimum Gasteiger partial charge on any atom is -0.419 e. The fourth-order valence-corrected chi connectivity index (χ4v) is 0. The molecule has 88 valence electrons. The summed E-state index contributed by atoms with van der Waals surface area (Å²) >= 11 is 0. The Hall–Kier alpha value is 0.173. The second kappa shape index (κ2) is 7.45. The fourth-order valence-electron chi connectivity index (χ4n) is 0. The van der Waals surface area contributed by atoms with E-state index in [4.69, 9.17) is 8.42 Å². The molecule has 0 aromatic carbocycles. The van der Waals surface area contributed by atoms with Crippen LogP contribution in [0.1, 0.15) is 6.92 Å². The van der Waals surface area contributed by atoms with E-state index in [2.05, 4.69) is 0 Å². The number of hydrogen-bond acceptors (Lipinski definition) is 6. The third kappa shape index (κ3) is 14.2. The molecular formula is C3H3F5O4S2Zn. The predicted octanol–water partition coefficient (Wildman–Crippen LogP) is 1.72. The van der Waals surface area contributed by atoms with Gasteiger partial charge in [-0.25, -0.2) is 8.78 Å². The van der Waals surface area contributed by atoms with E-state index >= 15 is 0 Å². The van der Waals surface area contributed by atoms with E-state index in [1.54, 1.807) is 0 Å². The van der Waals surface area contributed by atoms with Gasteiger partial charge in [0.2, 0.25) is 5.25 Å². The maximum Gasteiger partial charge on any atom is 2.00 e. The quantitative estimate of drug-likeness (QED) is 0.418. The van der Waals surface area contributed by atoms with Crippen molar-refractivity contribution in [3.63, 3.8) is 0 Å². The van der Waals surface area contributed by atoms with E-state index in [1.165, 1.54) is 0 Å². The van der Waals surface area contributed by atoms with Crippen molar-refractivity contribution in [1.29, 1.82) is 0 Å². The van der Waals surface area contributed by atoms with Gasteiger partial charge in [-0.3, -0.25) is 0 Å². The fraction of sp³-hybridized carbons (Fsp3) is 1.00. The molecule has 0 radical (unpaired) electrons. The Bertz CT molecular complexity index is 265. The Labute approximate surface area is 97.5 Å². The molecule has 0 N–H and O–H groups in total. The summed E-state index contributed by atoms with van der Waals surface area (Å²) in [6.45, 7) is 0.316. The van der Waals surface area contributed by atoms with Crippen LogP contribution < -0.4 is 0 Å². The Morgan fingerprint density at radius 3 is 0.933 bits per heavy atom. The second-order valence-electron chi connectivity index (χ2n) is 1.72. The van der Waals surface area contributed by atoms with Gasteiger partial charge >= 0.3 is 25.0 Å². The average Bonchev–Trinajstić information content (AvgIpc) is 1.83. The van der Waals surface area contributed by atoms with Gasteiger partial charge in [-0.15, -0.1) is 0 Å². The Morgan fingerprint density at radius 1 is 0.800 bits per heavy atom. The molecule has 0 saturated carbocycles. The normalized spacial score (nSPS) is 11.7. The van der Waals surface area contributed by atoms with E-state index < -0.39 is 32.2 Å². The summed E-state index contributed by atoms with van der Waals surface area (Å²) in [6, 6.07) is 0. The zero-order valence-electron chi connectivity index (χ0n) is 7.05. The molecule has 4 nitrogen and oxygen atoms in total. The molecule has 0 aliphatic heterocycles. The van der Waals surface area contributed by atoms with Gasteiger partial charge in [-0.05, 0) is 17.6 Å². The molecule has 0 aromatic rings. The van der Waals surface area contributed by atoms with Crippen molar-refractivity contribution in [1.82, 2.24) is 0 Å². The van der Waals surface area contributed by atoms with Crippen LogP contribution in [-0.4, -0.2) is 10.8 Å². The molecule has 0 aliphatic rings. The summed E-state index contributed by atoms with van der Waals surface area (Å²) < 4.78 is 90.5. The van der Waals surface area contributed by atoms with Crippen molar-refractivity contribution in [3.05, 3.63) is 0 Å². The molecule has 0 rings (SSSR count). The van der Waals surface area contributed by atoms with Crippen molar-refractivity contribution in [2.24, 2.45) is 0 Å². The van der Waals surface area contributed by atoms with E-state index in [1.807, 2.05) is 0 Å². The Balaban J connectivity index is -0.000000180. The van der Waals surface area contributed by atoms with Crippen LogP contribution in [-0.2, 0) is 57.7 Å². The number of halogens is 5. The second-order valence-corrected chi connectivity index (χ2v) is 3.84. The molecular weight excluding hydrogens is 325 g/mol. The van der Waals surface area contributed by atoms with Crippen LogP contribution in [0, 0.1) is 0 Å². The van der Waals surface area contributed by atoms with Crippen LogP contribution in [0.5, 0.6) is 0 Å². The zero-order valence-corrected chi connectivity index (χ0v) is 11.6. The summed E-state index contributed by atoms with van der Waals surface area (Å²) in [7, 11) is -7.20. The first-order valence-corrected chi connectivity index (χ1v) is 4.67. The number of hydrogen-bond donors (Lipinski definition) is 0. The summed E-state index contributed by atoms with van der Waals surface area (Å²) in [4.78, 5) is 0. The maximum atomic E-state index is 11.2. The van der Waals surface area contributed by atoms with E-state index in [-0.39, 0.29) is 19.5 Å². The van der Waals surface area contributed by atoms with Crippen LogP contribution in [0.3, 0.4) is 0 Å². The minimum absolute atomic E-state index is 0. The smallest absolute Gasteiger partial charge is 0.419 e. The number of alkyl halides is 5.